The molecule has 1 saturated heterocycles. The van der Waals surface area contributed by atoms with Crippen LogP contribution in [0, 0.1) is 5.92 Å². The summed E-state index contributed by atoms with van der Waals surface area (Å²) in [5.74, 6) is -0.472. The van der Waals surface area contributed by atoms with Gasteiger partial charge in [-0.15, -0.1) is 0 Å². The third-order valence-corrected chi connectivity index (χ3v) is 3.75. The van der Waals surface area contributed by atoms with Crippen LogP contribution in [0.3, 0.4) is 0 Å². The molecule has 2 aliphatic rings. The Morgan fingerprint density at radius 2 is 2.29 bits per heavy atom. The summed E-state index contributed by atoms with van der Waals surface area (Å²) >= 11 is 0. The molecule has 3 atom stereocenters. The van der Waals surface area contributed by atoms with Crippen molar-refractivity contribution < 1.29 is 19.1 Å². The number of carbonyl (C=O) groups is 2. The van der Waals surface area contributed by atoms with Crippen LogP contribution in [-0.4, -0.2) is 24.3 Å². The molecule has 2 amide bonds. The highest BCUT2D eigenvalue weighted by Crippen LogP contribution is 2.44. The van der Waals surface area contributed by atoms with E-state index in [0.717, 1.165) is 5.56 Å². The molecule has 1 fully saturated rings. The Balaban J connectivity index is 2.03. The van der Waals surface area contributed by atoms with Crippen molar-refractivity contribution >= 4 is 12.0 Å². The number of para-hydroxylation sites is 1. The van der Waals surface area contributed by atoms with Crippen LogP contribution in [0.4, 0.5) is 4.79 Å². The van der Waals surface area contributed by atoms with Gasteiger partial charge >= 0.3 is 12.0 Å². The second-order valence-electron chi connectivity index (χ2n) is 5.22. The van der Waals surface area contributed by atoms with E-state index in [9.17, 15) is 9.59 Å². The van der Waals surface area contributed by atoms with Crippen molar-refractivity contribution in [3.63, 3.8) is 0 Å². The van der Waals surface area contributed by atoms with E-state index in [0.29, 0.717) is 5.75 Å². The topological polar surface area (TPSA) is 76.7 Å². The van der Waals surface area contributed by atoms with Crippen LogP contribution in [0.15, 0.2) is 36.9 Å². The predicted molar refractivity (Wildman–Crippen MR) is 74.5 cm³/mol. The lowest BCUT2D eigenvalue weighted by atomic mass is 9.80. The molecule has 1 aromatic carbocycles. The molecule has 110 valence electrons. The number of benzene rings is 1. The van der Waals surface area contributed by atoms with Gasteiger partial charge in [0.15, 0.2) is 5.72 Å². The summed E-state index contributed by atoms with van der Waals surface area (Å²) in [5.41, 5.74) is -0.370. The monoisotopic (exact) mass is 288 g/mol. The molecule has 2 bridgehead atoms. The third kappa shape index (κ3) is 2.12. The Kier molecular flexibility index (Phi) is 3.08. The fourth-order valence-corrected chi connectivity index (χ4v) is 2.88. The standard InChI is InChI=1S/C15H16N2O4/c1-3-8-20-13(18)11-12-9-6-4-5-7-10(9)21-15(11,2)17-14(19)16-12/h3-7,11-12H,1,8H2,2H3,(H2,16,17,19)/t11-,12+,15+/m1/s1. The number of carbonyl (C=O) groups excluding carboxylic acids is 2. The SMILES string of the molecule is C=CCOC(=O)[C@H]1[C@H]2NC(=O)N[C@@]1(C)Oc1ccccc12. The quantitative estimate of drug-likeness (QED) is 0.652. The number of ether oxygens (including phenoxy) is 2. The minimum Gasteiger partial charge on any atom is -0.467 e. The molecule has 2 N–H and O–H groups in total. The van der Waals surface area contributed by atoms with Crippen molar-refractivity contribution in [2.75, 3.05) is 6.61 Å². The molecule has 21 heavy (non-hydrogen) atoms. The zero-order chi connectivity index (χ0) is 15.0. The second-order valence-corrected chi connectivity index (χ2v) is 5.22. The number of urea groups is 1. The Morgan fingerprint density at radius 3 is 3.05 bits per heavy atom. The predicted octanol–water partition coefficient (Wildman–Crippen LogP) is 1.49. The lowest BCUT2D eigenvalue weighted by Crippen LogP contribution is -2.70. The first-order valence-electron chi connectivity index (χ1n) is 6.69. The van der Waals surface area contributed by atoms with Crippen LogP contribution in [0.2, 0.25) is 0 Å². The molecule has 0 saturated carbocycles. The first kappa shape index (κ1) is 13.5. The van der Waals surface area contributed by atoms with Crippen LogP contribution in [-0.2, 0) is 9.53 Å². The number of nitrogens with one attached hydrogen (secondary N) is 2. The normalized spacial score (nSPS) is 29.3. The molecule has 0 unspecified atom stereocenters. The Hall–Kier alpha value is -2.50. The van der Waals surface area contributed by atoms with E-state index >= 15 is 0 Å². The van der Waals surface area contributed by atoms with Crippen LogP contribution < -0.4 is 15.4 Å². The average Bonchev–Trinajstić information content (AvgIpc) is 2.43. The Morgan fingerprint density at radius 1 is 1.52 bits per heavy atom. The van der Waals surface area contributed by atoms with Crippen molar-refractivity contribution in [3.8, 4) is 5.75 Å². The van der Waals surface area contributed by atoms with E-state index in [1.165, 1.54) is 6.08 Å². The molecule has 0 aromatic heterocycles. The molecule has 0 aliphatic carbocycles. The number of amides is 2. The molecule has 2 heterocycles. The zero-order valence-corrected chi connectivity index (χ0v) is 11.6. The van der Waals surface area contributed by atoms with Gasteiger partial charge in [-0.3, -0.25) is 10.1 Å². The molecule has 6 heteroatoms. The molecule has 6 nitrogen and oxygen atoms in total. The van der Waals surface area contributed by atoms with E-state index in [4.69, 9.17) is 9.47 Å². The number of hydrogen-bond donors (Lipinski definition) is 2. The van der Waals surface area contributed by atoms with Crippen molar-refractivity contribution in [3.05, 3.63) is 42.5 Å². The van der Waals surface area contributed by atoms with Crippen molar-refractivity contribution in [2.24, 2.45) is 5.92 Å². The number of fused-ring (bicyclic) bond motifs is 4. The van der Waals surface area contributed by atoms with Crippen molar-refractivity contribution in [2.45, 2.75) is 18.7 Å². The van der Waals surface area contributed by atoms with E-state index in [2.05, 4.69) is 17.2 Å². The van der Waals surface area contributed by atoms with Gasteiger partial charge in [-0.2, -0.15) is 0 Å². The number of hydrogen-bond acceptors (Lipinski definition) is 4. The highest BCUT2D eigenvalue weighted by molar-refractivity contribution is 5.84. The summed E-state index contributed by atoms with van der Waals surface area (Å²) in [7, 11) is 0. The highest BCUT2D eigenvalue weighted by Gasteiger charge is 2.56. The third-order valence-electron chi connectivity index (χ3n) is 3.75. The van der Waals surface area contributed by atoms with Gasteiger partial charge in [-0.25, -0.2) is 4.79 Å². The minimum atomic E-state index is -1.14. The highest BCUT2D eigenvalue weighted by atomic mass is 16.5. The molecule has 0 spiro atoms. The van der Waals surface area contributed by atoms with Gasteiger partial charge in [-0.05, 0) is 13.0 Å². The van der Waals surface area contributed by atoms with Gasteiger partial charge in [0.25, 0.3) is 0 Å². The molecular formula is C15H16N2O4. The molecule has 3 rings (SSSR count). The smallest absolute Gasteiger partial charge is 0.318 e. The van der Waals surface area contributed by atoms with Gasteiger partial charge in [-0.1, -0.05) is 30.9 Å². The van der Waals surface area contributed by atoms with Gasteiger partial charge in [0.05, 0.1) is 6.04 Å². The first-order valence-corrected chi connectivity index (χ1v) is 6.69. The largest absolute Gasteiger partial charge is 0.467 e. The summed E-state index contributed by atoms with van der Waals surface area (Å²) in [5, 5.41) is 5.45. The van der Waals surface area contributed by atoms with Crippen LogP contribution in [0.25, 0.3) is 0 Å². The molecule has 1 aromatic rings. The Labute approximate surface area is 122 Å². The lowest BCUT2D eigenvalue weighted by molar-refractivity contribution is -0.162. The number of esters is 1. The second kappa shape index (κ2) is 4.80. The summed E-state index contributed by atoms with van der Waals surface area (Å²) in [6.07, 6.45) is 1.50. The van der Waals surface area contributed by atoms with Crippen molar-refractivity contribution in [1.29, 1.82) is 0 Å². The van der Waals surface area contributed by atoms with E-state index < -0.39 is 23.7 Å². The van der Waals surface area contributed by atoms with Gasteiger partial charge in [0.1, 0.15) is 18.3 Å². The molecule has 2 aliphatic heterocycles. The van der Waals surface area contributed by atoms with E-state index in [1.807, 2.05) is 24.3 Å². The average molecular weight is 288 g/mol. The summed E-state index contributed by atoms with van der Waals surface area (Å²) < 4.78 is 11.0. The first-order chi connectivity index (χ1) is 10.0. The maximum Gasteiger partial charge on any atom is 0.318 e. The molecule has 0 radical (unpaired) electrons. The lowest BCUT2D eigenvalue weighted by Gasteiger charge is -2.48. The van der Waals surface area contributed by atoms with Gasteiger partial charge < -0.3 is 14.8 Å². The van der Waals surface area contributed by atoms with Gasteiger partial charge in [0.2, 0.25) is 0 Å². The van der Waals surface area contributed by atoms with Gasteiger partial charge in [0, 0.05) is 5.56 Å². The van der Waals surface area contributed by atoms with E-state index in [-0.39, 0.29) is 12.6 Å². The summed E-state index contributed by atoms with van der Waals surface area (Å²) in [4.78, 5) is 24.2. The summed E-state index contributed by atoms with van der Waals surface area (Å²) in [6.45, 7) is 5.32. The maximum absolute atomic E-state index is 12.4. The summed E-state index contributed by atoms with van der Waals surface area (Å²) in [6, 6.07) is 6.47. The minimum absolute atomic E-state index is 0.119. The van der Waals surface area contributed by atoms with Crippen molar-refractivity contribution in [1.82, 2.24) is 10.6 Å². The van der Waals surface area contributed by atoms with Crippen LogP contribution >= 0.6 is 0 Å². The molecular weight excluding hydrogens is 272 g/mol. The fourth-order valence-electron chi connectivity index (χ4n) is 2.88. The Bertz CT molecular complexity index is 615. The fraction of sp³-hybridized carbons (Fsp3) is 0.333. The van der Waals surface area contributed by atoms with E-state index in [1.54, 1.807) is 6.92 Å². The number of rotatable bonds is 3. The van der Waals surface area contributed by atoms with Crippen LogP contribution in [0.5, 0.6) is 5.75 Å². The van der Waals surface area contributed by atoms with Crippen LogP contribution in [0.1, 0.15) is 18.5 Å². The maximum atomic E-state index is 12.4. The zero-order valence-electron chi connectivity index (χ0n) is 11.6.